The van der Waals surface area contributed by atoms with E-state index in [1.165, 1.54) is 11.3 Å². The highest BCUT2D eigenvalue weighted by Gasteiger charge is 2.21. The Labute approximate surface area is 167 Å². The number of carbonyl (C=O) groups is 1. The molecule has 3 heterocycles. The number of benzene rings is 1. The summed E-state index contributed by atoms with van der Waals surface area (Å²) in [5.74, 6) is 0.0365. The van der Waals surface area contributed by atoms with Gasteiger partial charge in [0.15, 0.2) is 5.13 Å². The van der Waals surface area contributed by atoms with Gasteiger partial charge in [-0.3, -0.25) is 14.7 Å². The number of hydrogen-bond acceptors (Lipinski definition) is 5. The van der Waals surface area contributed by atoms with Crippen molar-refractivity contribution in [2.75, 3.05) is 4.90 Å². The summed E-state index contributed by atoms with van der Waals surface area (Å²) in [6.45, 7) is 0.457. The van der Waals surface area contributed by atoms with E-state index in [9.17, 15) is 4.79 Å². The maximum Gasteiger partial charge on any atom is 0.234 e. The Bertz CT molecular complexity index is 1030. The number of nitrogens with zero attached hydrogens (tertiary/aromatic N) is 3. The number of pyridine rings is 1. The smallest absolute Gasteiger partial charge is 0.234 e. The average Bonchev–Trinajstić information content (AvgIpc) is 3.29. The van der Waals surface area contributed by atoms with Gasteiger partial charge in [-0.15, -0.1) is 11.3 Å². The normalized spacial score (nSPS) is 11.0. The molecule has 3 aromatic heterocycles. The van der Waals surface area contributed by atoms with Crippen LogP contribution in [0.3, 0.4) is 0 Å². The standard InChI is InChI=1S/C19H14BrN3OS2/c20-14-5-6-16-17(9-14)26-19(22-16)23(12-13-3-1-7-21-11-13)18(24)10-15-4-2-8-25-15/h1-9,11H,10,12H2. The van der Waals surface area contributed by atoms with Crippen LogP contribution in [0, 0.1) is 0 Å². The van der Waals surface area contributed by atoms with Crippen LogP contribution in [0.5, 0.6) is 0 Å². The largest absolute Gasteiger partial charge is 0.283 e. The maximum absolute atomic E-state index is 13.0. The topological polar surface area (TPSA) is 46.1 Å². The molecule has 4 nitrogen and oxygen atoms in total. The van der Waals surface area contributed by atoms with Gasteiger partial charge in [0.25, 0.3) is 0 Å². The highest BCUT2D eigenvalue weighted by molar-refractivity contribution is 9.10. The molecule has 0 bridgehead atoms. The first-order chi connectivity index (χ1) is 12.7. The van der Waals surface area contributed by atoms with Crippen LogP contribution in [-0.2, 0) is 17.8 Å². The molecule has 26 heavy (non-hydrogen) atoms. The summed E-state index contributed by atoms with van der Waals surface area (Å²) in [5, 5.41) is 2.70. The minimum atomic E-state index is 0.0365. The number of halogens is 1. The second-order valence-electron chi connectivity index (χ2n) is 5.71. The number of hydrogen-bond donors (Lipinski definition) is 0. The zero-order valence-electron chi connectivity index (χ0n) is 13.6. The fraction of sp³-hybridized carbons (Fsp3) is 0.105. The predicted molar refractivity (Wildman–Crippen MR) is 111 cm³/mol. The second-order valence-corrected chi connectivity index (χ2v) is 8.66. The molecule has 130 valence electrons. The SMILES string of the molecule is O=C(Cc1cccs1)N(Cc1cccnc1)c1nc2ccc(Br)cc2s1. The van der Waals surface area contributed by atoms with Gasteiger partial charge < -0.3 is 0 Å². The van der Waals surface area contributed by atoms with Gasteiger partial charge in [-0.05, 0) is 41.3 Å². The lowest BCUT2D eigenvalue weighted by Crippen LogP contribution is -2.31. The van der Waals surface area contributed by atoms with Crippen molar-refractivity contribution in [1.82, 2.24) is 9.97 Å². The molecular weight excluding hydrogens is 430 g/mol. The molecule has 0 fully saturated rings. The lowest BCUT2D eigenvalue weighted by Gasteiger charge is -2.19. The molecule has 0 aliphatic heterocycles. The van der Waals surface area contributed by atoms with Gasteiger partial charge in [0.1, 0.15) is 0 Å². The quantitative estimate of drug-likeness (QED) is 0.420. The Morgan fingerprint density at radius 1 is 1.19 bits per heavy atom. The van der Waals surface area contributed by atoms with Crippen LogP contribution >= 0.6 is 38.6 Å². The Morgan fingerprint density at radius 2 is 2.12 bits per heavy atom. The molecule has 7 heteroatoms. The van der Waals surface area contributed by atoms with Gasteiger partial charge in [0.05, 0.1) is 23.2 Å². The molecule has 0 unspecified atom stereocenters. The van der Waals surface area contributed by atoms with Crippen LogP contribution < -0.4 is 4.90 Å². The lowest BCUT2D eigenvalue weighted by atomic mass is 10.2. The number of rotatable bonds is 5. The molecule has 4 aromatic rings. The number of fused-ring (bicyclic) bond motifs is 1. The molecule has 0 spiro atoms. The molecule has 0 saturated heterocycles. The third-order valence-corrected chi connectivity index (χ3v) is 6.25. The van der Waals surface area contributed by atoms with Crippen LogP contribution in [0.1, 0.15) is 10.4 Å². The van der Waals surface area contributed by atoms with E-state index in [-0.39, 0.29) is 5.91 Å². The molecule has 0 aliphatic carbocycles. The highest BCUT2D eigenvalue weighted by atomic mass is 79.9. The molecule has 4 rings (SSSR count). The number of aromatic nitrogens is 2. The first-order valence-electron chi connectivity index (χ1n) is 7.97. The molecule has 0 aliphatic rings. The van der Waals surface area contributed by atoms with E-state index in [1.54, 1.807) is 28.6 Å². The van der Waals surface area contributed by atoms with E-state index in [0.29, 0.717) is 18.1 Å². The number of thiazole rings is 1. The molecule has 1 amide bonds. The van der Waals surface area contributed by atoms with Crippen molar-refractivity contribution in [2.45, 2.75) is 13.0 Å². The highest BCUT2D eigenvalue weighted by Crippen LogP contribution is 2.32. The Balaban J connectivity index is 1.69. The minimum absolute atomic E-state index is 0.0365. The Hall–Kier alpha value is -2.09. The monoisotopic (exact) mass is 443 g/mol. The zero-order valence-corrected chi connectivity index (χ0v) is 16.9. The first kappa shape index (κ1) is 17.3. The number of amides is 1. The number of carbonyl (C=O) groups excluding carboxylic acids is 1. The van der Waals surface area contributed by atoms with Crippen LogP contribution in [0.2, 0.25) is 0 Å². The molecular formula is C19H14BrN3OS2. The van der Waals surface area contributed by atoms with Crippen molar-refractivity contribution < 1.29 is 4.79 Å². The molecule has 0 atom stereocenters. The Morgan fingerprint density at radius 3 is 2.88 bits per heavy atom. The van der Waals surface area contributed by atoms with Crippen molar-refractivity contribution in [2.24, 2.45) is 0 Å². The van der Waals surface area contributed by atoms with E-state index in [4.69, 9.17) is 0 Å². The summed E-state index contributed by atoms with van der Waals surface area (Å²) in [4.78, 5) is 24.7. The van der Waals surface area contributed by atoms with E-state index in [1.807, 2.05) is 47.8 Å². The maximum atomic E-state index is 13.0. The summed E-state index contributed by atoms with van der Waals surface area (Å²) in [6, 6.07) is 13.8. The summed E-state index contributed by atoms with van der Waals surface area (Å²) in [6.07, 6.45) is 3.89. The van der Waals surface area contributed by atoms with E-state index in [0.717, 1.165) is 25.1 Å². The van der Waals surface area contributed by atoms with Crippen LogP contribution in [0.25, 0.3) is 10.2 Å². The summed E-state index contributed by atoms with van der Waals surface area (Å²) in [7, 11) is 0. The summed E-state index contributed by atoms with van der Waals surface area (Å²) in [5.41, 5.74) is 1.88. The van der Waals surface area contributed by atoms with Gasteiger partial charge in [-0.1, -0.05) is 39.4 Å². The van der Waals surface area contributed by atoms with E-state index >= 15 is 0 Å². The molecule has 0 N–H and O–H groups in total. The molecule has 0 saturated carbocycles. The fourth-order valence-electron chi connectivity index (χ4n) is 2.60. The van der Waals surface area contributed by atoms with Crippen molar-refractivity contribution in [3.63, 3.8) is 0 Å². The Kier molecular flexibility index (Phi) is 5.10. The summed E-state index contributed by atoms with van der Waals surface area (Å²) >= 11 is 6.61. The lowest BCUT2D eigenvalue weighted by molar-refractivity contribution is -0.118. The average molecular weight is 444 g/mol. The fourth-order valence-corrected chi connectivity index (χ4v) is 4.83. The molecule has 0 radical (unpaired) electrons. The predicted octanol–water partition coefficient (Wildman–Crippen LogP) is 5.29. The van der Waals surface area contributed by atoms with Crippen molar-refractivity contribution in [3.05, 3.63) is 75.2 Å². The van der Waals surface area contributed by atoms with Crippen LogP contribution in [0.15, 0.2) is 64.7 Å². The third kappa shape index (κ3) is 3.85. The van der Waals surface area contributed by atoms with Crippen LogP contribution in [-0.4, -0.2) is 15.9 Å². The number of anilines is 1. The van der Waals surface area contributed by atoms with Gasteiger partial charge in [-0.25, -0.2) is 4.98 Å². The van der Waals surface area contributed by atoms with Gasteiger partial charge in [0.2, 0.25) is 5.91 Å². The van der Waals surface area contributed by atoms with Crippen molar-refractivity contribution in [3.8, 4) is 0 Å². The van der Waals surface area contributed by atoms with E-state index in [2.05, 4.69) is 25.9 Å². The third-order valence-electron chi connectivity index (χ3n) is 3.84. The van der Waals surface area contributed by atoms with E-state index < -0.39 is 0 Å². The number of thiophene rings is 1. The zero-order chi connectivity index (χ0) is 17.9. The van der Waals surface area contributed by atoms with Crippen molar-refractivity contribution >= 4 is 59.9 Å². The van der Waals surface area contributed by atoms with Crippen molar-refractivity contribution in [1.29, 1.82) is 0 Å². The molecule has 1 aromatic carbocycles. The second kappa shape index (κ2) is 7.65. The first-order valence-corrected chi connectivity index (χ1v) is 10.5. The minimum Gasteiger partial charge on any atom is -0.283 e. The summed E-state index contributed by atoms with van der Waals surface area (Å²) < 4.78 is 2.05. The van der Waals surface area contributed by atoms with Crippen LogP contribution in [0.4, 0.5) is 5.13 Å². The van der Waals surface area contributed by atoms with Gasteiger partial charge >= 0.3 is 0 Å². The van der Waals surface area contributed by atoms with Gasteiger partial charge in [-0.2, -0.15) is 0 Å². The van der Waals surface area contributed by atoms with Gasteiger partial charge in [0, 0.05) is 21.7 Å².